The van der Waals surface area contributed by atoms with Crippen LogP contribution in [0, 0.1) is 0 Å². The zero-order valence-electron chi connectivity index (χ0n) is 14.4. The van der Waals surface area contributed by atoms with Crippen LogP contribution >= 0.6 is 0 Å². The number of hydrogen-bond acceptors (Lipinski definition) is 3. The maximum Gasteiger partial charge on any atom is 0.102 e. The summed E-state index contributed by atoms with van der Waals surface area (Å²) >= 11 is 0. The van der Waals surface area contributed by atoms with E-state index >= 15 is 0 Å². The predicted molar refractivity (Wildman–Crippen MR) is 91.4 cm³/mol. The molecule has 3 heteroatoms. The molecule has 0 aromatic heterocycles. The lowest BCUT2D eigenvalue weighted by Gasteiger charge is -2.13. The van der Waals surface area contributed by atoms with Crippen molar-refractivity contribution in [3.63, 3.8) is 0 Å². The first-order valence-electron chi connectivity index (χ1n) is 9.26. The normalized spacial score (nSPS) is 14.3. The van der Waals surface area contributed by atoms with Crippen LogP contribution in [0.25, 0.3) is 0 Å². The van der Waals surface area contributed by atoms with Gasteiger partial charge in [-0.2, -0.15) is 0 Å². The third-order valence-electron chi connectivity index (χ3n) is 4.04. The highest BCUT2D eigenvalue weighted by Crippen LogP contribution is 2.12. The van der Waals surface area contributed by atoms with Crippen molar-refractivity contribution in [1.82, 2.24) is 5.32 Å². The average molecular weight is 302 g/mol. The van der Waals surface area contributed by atoms with Gasteiger partial charge < -0.3 is 10.2 Å². The second-order valence-electron chi connectivity index (χ2n) is 6.42. The standard InChI is InChI=1S/C18H39NO2/c1-3-4-5-6-7-8-9-10-11-12-13-14-15-18(21)16-19-17(2)20/h17-21H,3-16H2,1-2H3. The second-order valence-corrected chi connectivity index (χ2v) is 6.42. The molecule has 2 unspecified atom stereocenters. The van der Waals surface area contributed by atoms with Crippen LogP contribution in [-0.2, 0) is 0 Å². The van der Waals surface area contributed by atoms with E-state index < -0.39 is 6.23 Å². The van der Waals surface area contributed by atoms with E-state index in [0.29, 0.717) is 6.54 Å². The first-order valence-corrected chi connectivity index (χ1v) is 9.26. The molecule has 0 radical (unpaired) electrons. The molecule has 0 amide bonds. The number of rotatable bonds is 16. The molecule has 0 heterocycles. The molecular weight excluding hydrogens is 262 g/mol. The van der Waals surface area contributed by atoms with Gasteiger partial charge >= 0.3 is 0 Å². The van der Waals surface area contributed by atoms with Crippen LogP contribution in [0.4, 0.5) is 0 Å². The fourth-order valence-corrected chi connectivity index (χ4v) is 2.63. The maximum absolute atomic E-state index is 9.69. The van der Waals surface area contributed by atoms with Gasteiger partial charge in [-0.1, -0.05) is 84.0 Å². The third-order valence-corrected chi connectivity index (χ3v) is 4.04. The Morgan fingerprint density at radius 1 is 0.714 bits per heavy atom. The highest BCUT2D eigenvalue weighted by molar-refractivity contribution is 4.60. The van der Waals surface area contributed by atoms with Gasteiger partial charge in [-0.3, -0.25) is 5.32 Å². The topological polar surface area (TPSA) is 52.5 Å². The molecule has 21 heavy (non-hydrogen) atoms. The summed E-state index contributed by atoms with van der Waals surface area (Å²) in [5.74, 6) is 0. The molecule has 0 bridgehead atoms. The van der Waals surface area contributed by atoms with Crippen molar-refractivity contribution in [2.24, 2.45) is 0 Å². The van der Waals surface area contributed by atoms with Crippen molar-refractivity contribution < 1.29 is 10.2 Å². The van der Waals surface area contributed by atoms with E-state index in [1.165, 1.54) is 70.6 Å². The van der Waals surface area contributed by atoms with Crippen LogP contribution in [-0.4, -0.2) is 29.1 Å². The highest BCUT2D eigenvalue weighted by Gasteiger charge is 2.04. The van der Waals surface area contributed by atoms with Crippen LogP contribution in [0.1, 0.15) is 97.3 Å². The third kappa shape index (κ3) is 17.8. The van der Waals surface area contributed by atoms with Crippen LogP contribution < -0.4 is 5.32 Å². The Morgan fingerprint density at radius 3 is 1.57 bits per heavy atom. The average Bonchev–Trinajstić information content (AvgIpc) is 2.46. The Labute approximate surface area is 132 Å². The van der Waals surface area contributed by atoms with E-state index in [4.69, 9.17) is 5.11 Å². The Morgan fingerprint density at radius 2 is 1.14 bits per heavy atom. The first-order chi connectivity index (χ1) is 10.2. The lowest BCUT2D eigenvalue weighted by Crippen LogP contribution is -2.33. The quantitative estimate of drug-likeness (QED) is 0.293. The molecule has 128 valence electrons. The van der Waals surface area contributed by atoms with Gasteiger partial charge in [-0.15, -0.1) is 0 Å². The van der Waals surface area contributed by atoms with Crippen LogP contribution in [0.5, 0.6) is 0 Å². The van der Waals surface area contributed by atoms with E-state index in [9.17, 15) is 5.11 Å². The van der Waals surface area contributed by atoms with Gasteiger partial charge in [-0.25, -0.2) is 0 Å². The number of unbranched alkanes of at least 4 members (excludes halogenated alkanes) is 11. The molecule has 0 spiro atoms. The molecule has 0 rings (SSSR count). The van der Waals surface area contributed by atoms with E-state index in [-0.39, 0.29) is 6.10 Å². The summed E-state index contributed by atoms with van der Waals surface area (Å²) in [4.78, 5) is 0. The van der Waals surface area contributed by atoms with Crippen molar-refractivity contribution in [2.45, 2.75) is 110 Å². The molecule has 3 N–H and O–H groups in total. The summed E-state index contributed by atoms with van der Waals surface area (Å²) in [6.07, 6.45) is 16.1. The largest absolute Gasteiger partial charge is 0.392 e. The Kier molecular flexibility index (Phi) is 16.2. The minimum atomic E-state index is -0.526. The molecule has 0 saturated carbocycles. The lowest BCUT2D eigenvalue weighted by atomic mass is 10.0. The van der Waals surface area contributed by atoms with Crippen molar-refractivity contribution in [1.29, 1.82) is 0 Å². The van der Waals surface area contributed by atoms with Gasteiger partial charge in [0.2, 0.25) is 0 Å². The van der Waals surface area contributed by atoms with Gasteiger partial charge in [0, 0.05) is 6.54 Å². The predicted octanol–water partition coefficient (Wildman–Crippen LogP) is 4.37. The van der Waals surface area contributed by atoms with E-state index in [0.717, 1.165) is 12.8 Å². The number of aliphatic hydroxyl groups is 2. The molecule has 0 aliphatic rings. The van der Waals surface area contributed by atoms with Crippen molar-refractivity contribution >= 4 is 0 Å². The van der Waals surface area contributed by atoms with Gasteiger partial charge in [-0.05, 0) is 13.3 Å². The fraction of sp³-hybridized carbons (Fsp3) is 1.00. The molecule has 3 nitrogen and oxygen atoms in total. The summed E-state index contributed by atoms with van der Waals surface area (Å²) in [7, 11) is 0. The Balaban J connectivity index is 3.08. The van der Waals surface area contributed by atoms with Crippen LogP contribution in [0.2, 0.25) is 0 Å². The smallest absolute Gasteiger partial charge is 0.102 e. The zero-order valence-corrected chi connectivity index (χ0v) is 14.4. The van der Waals surface area contributed by atoms with Gasteiger partial charge in [0.1, 0.15) is 6.23 Å². The molecule has 0 aromatic rings. The number of aliphatic hydroxyl groups excluding tert-OH is 2. The Bertz CT molecular complexity index is 198. The van der Waals surface area contributed by atoms with Gasteiger partial charge in [0.05, 0.1) is 6.10 Å². The molecule has 0 saturated heterocycles. The second kappa shape index (κ2) is 16.3. The lowest BCUT2D eigenvalue weighted by molar-refractivity contribution is 0.108. The van der Waals surface area contributed by atoms with E-state index in [1.807, 2.05) is 0 Å². The number of hydrogen-bond donors (Lipinski definition) is 3. The molecular formula is C18H39NO2. The van der Waals surface area contributed by atoms with Crippen molar-refractivity contribution in [3.8, 4) is 0 Å². The van der Waals surface area contributed by atoms with Crippen molar-refractivity contribution in [2.75, 3.05) is 6.54 Å². The molecule has 2 atom stereocenters. The van der Waals surface area contributed by atoms with E-state index in [1.54, 1.807) is 6.92 Å². The molecule has 0 aliphatic heterocycles. The maximum atomic E-state index is 9.69. The number of nitrogens with one attached hydrogen (secondary N) is 1. The summed E-state index contributed by atoms with van der Waals surface area (Å²) < 4.78 is 0. The molecule has 0 aliphatic carbocycles. The molecule has 0 aromatic carbocycles. The Hall–Kier alpha value is -0.120. The summed E-state index contributed by atoms with van der Waals surface area (Å²) in [6.45, 7) is 4.44. The molecule has 0 fully saturated rings. The van der Waals surface area contributed by atoms with Crippen LogP contribution in [0.3, 0.4) is 0 Å². The van der Waals surface area contributed by atoms with Gasteiger partial charge in [0.15, 0.2) is 0 Å². The monoisotopic (exact) mass is 301 g/mol. The summed E-state index contributed by atoms with van der Waals surface area (Å²) in [5, 5.41) is 21.6. The minimum Gasteiger partial charge on any atom is -0.392 e. The van der Waals surface area contributed by atoms with E-state index in [2.05, 4.69) is 12.2 Å². The van der Waals surface area contributed by atoms with Gasteiger partial charge in [0.25, 0.3) is 0 Å². The zero-order chi connectivity index (χ0) is 15.8. The minimum absolute atomic E-state index is 0.317. The fourth-order valence-electron chi connectivity index (χ4n) is 2.63. The SMILES string of the molecule is CCCCCCCCCCCCCCC(O)CNC(C)O. The highest BCUT2D eigenvalue weighted by atomic mass is 16.3. The summed E-state index contributed by atoms with van der Waals surface area (Å²) in [6, 6.07) is 0. The van der Waals surface area contributed by atoms with Crippen LogP contribution in [0.15, 0.2) is 0 Å². The first kappa shape index (κ1) is 20.9. The summed E-state index contributed by atoms with van der Waals surface area (Å²) in [5.41, 5.74) is 0. The van der Waals surface area contributed by atoms with Crippen molar-refractivity contribution in [3.05, 3.63) is 0 Å².